The molecule has 6 heteroatoms. The van der Waals surface area contributed by atoms with Crippen molar-refractivity contribution < 1.29 is 24.7 Å². The molecule has 0 amide bonds. The van der Waals surface area contributed by atoms with Crippen LogP contribution in [0.4, 0.5) is 0 Å². The molecule has 0 saturated carbocycles. The summed E-state index contributed by atoms with van der Waals surface area (Å²) in [5.74, 6) is 0.413. The van der Waals surface area contributed by atoms with E-state index >= 15 is 0 Å². The molecule has 6 nitrogen and oxygen atoms in total. The van der Waals surface area contributed by atoms with Gasteiger partial charge in [0.15, 0.2) is 12.1 Å². The zero-order valence-corrected chi connectivity index (χ0v) is 7.83. The highest BCUT2D eigenvalue weighted by molar-refractivity contribution is 5.73. The van der Waals surface area contributed by atoms with Crippen molar-refractivity contribution in [3.63, 3.8) is 0 Å². The van der Waals surface area contributed by atoms with Gasteiger partial charge in [-0.1, -0.05) is 0 Å². The van der Waals surface area contributed by atoms with Crippen LogP contribution in [0.5, 0.6) is 0 Å². The Hall–Kier alpha value is -0.690. The Labute approximate surface area is 81.0 Å². The number of aliphatic hydroxyl groups is 3. The SMILES string of the molecule is CC1=N[C@H]2C[O+](O1)[C@H](CO)[C@@H](O)[C@@H]2O. The van der Waals surface area contributed by atoms with Crippen LogP contribution >= 0.6 is 0 Å². The van der Waals surface area contributed by atoms with Crippen LogP contribution in [0.3, 0.4) is 0 Å². The first-order valence-electron chi connectivity index (χ1n) is 4.53. The largest absolute Gasteiger partial charge is 0.388 e. The van der Waals surface area contributed by atoms with Crippen LogP contribution in [-0.4, -0.2) is 58.8 Å². The van der Waals surface area contributed by atoms with Gasteiger partial charge in [-0.3, -0.25) is 0 Å². The van der Waals surface area contributed by atoms with E-state index in [2.05, 4.69) is 9.51 Å². The molecule has 14 heavy (non-hydrogen) atoms. The Morgan fingerprint density at radius 3 is 2.86 bits per heavy atom. The highest BCUT2D eigenvalue weighted by atomic mass is 17.3. The highest BCUT2D eigenvalue weighted by Crippen LogP contribution is 2.28. The Balaban J connectivity index is 2.24. The second kappa shape index (κ2) is 3.47. The zero-order chi connectivity index (χ0) is 10.3. The van der Waals surface area contributed by atoms with Crippen molar-refractivity contribution in [3.05, 3.63) is 0 Å². The number of nitrogens with zero attached hydrogens (tertiary/aromatic N) is 1. The molecule has 2 rings (SSSR count). The van der Waals surface area contributed by atoms with Gasteiger partial charge in [0.1, 0.15) is 12.7 Å². The Kier molecular flexibility index (Phi) is 2.44. The van der Waals surface area contributed by atoms with Crippen molar-refractivity contribution in [1.29, 1.82) is 0 Å². The summed E-state index contributed by atoms with van der Waals surface area (Å²) in [7, 11) is 0. The van der Waals surface area contributed by atoms with Gasteiger partial charge in [-0.15, -0.1) is 0 Å². The molecule has 0 aromatic heterocycles. The van der Waals surface area contributed by atoms with E-state index in [1.165, 1.54) is 0 Å². The summed E-state index contributed by atoms with van der Waals surface area (Å²) in [4.78, 5) is 9.19. The van der Waals surface area contributed by atoms with Gasteiger partial charge in [-0.05, 0) is 0 Å². The van der Waals surface area contributed by atoms with E-state index in [0.717, 1.165) is 0 Å². The molecule has 4 atom stereocenters. The van der Waals surface area contributed by atoms with E-state index in [1.54, 1.807) is 6.92 Å². The monoisotopic (exact) mass is 204 g/mol. The van der Waals surface area contributed by atoms with Crippen LogP contribution in [0, 0.1) is 0 Å². The van der Waals surface area contributed by atoms with E-state index < -0.39 is 24.4 Å². The first-order chi connectivity index (χ1) is 6.63. The third kappa shape index (κ3) is 1.40. The summed E-state index contributed by atoms with van der Waals surface area (Å²) in [6.07, 6.45) is -2.66. The standard InChI is InChI=1S/C8H14NO5/c1-4-9-5-3-14(13-4)6(2-10)8(12)7(5)11/h5-8,10-12H,2-3H2,1H3/q+1/t5-,6+,7+,8+/m0/s1. The van der Waals surface area contributed by atoms with Crippen LogP contribution in [0.2, 0.25) is 0 Å². The van der Waals surface area contributed by atoms with E-state index in [1.807, 2.05) is 0 Å². The molecule has 1 fully saturated rings. The average molecular weight is 204 g/mol. The molecular formula is C8H14NO5+. The Morgan fingerprint density at radius 1 is 1.50 bits per heavy atom. The fourth-order valence-electron chi connectivity index (χ4n) is 1.80. The minimum absolute atomic E-state index is 0.289. The van der Waals surface area contributed by atoms with Gasteiger partial charge >= 0.3 is 0 Å². The molecule has 1 saturated heterocycles. The lowest BCUT2D eigenvalue weighted by molar-refractivity contribution is -0.479. The number of aliphatic hydroxyl groups excluding tert-OH is 3. The minimum Gasteiger partial charge on any atom is -0.388 e. The van der Waals surface area contributed by atoms with E-state index in [-0.39, 0.29) is 6.61 Å². The van der Waals surface area contributed by atoms with Gasteiger partial charge in [0.05, 0.1) is 0 Å². The highest BCUT2D eigenvalue weighted by Gasteiger charge is 2.51. The molecule has 0 aliphatic carbocycles. The van der Waals surface area contributed by atoms with Crippen LogP contribution in [0.15, 0.2) is 4.99 Å². The van der Waals surface area contributed by atoms with Gasteiger partial charge in [0, 0.05) is 6.92 Å². The lowest BCUT2D eigenvalue weighted by atomic mass is 9.98. The Bertz CT molecular complexity index is 256. The van der Waals surface area contributed by atoms with Crippen molar-refractivity contribution in [2.45, 2.75) is 31.3 Å². The van der Waals surface area contributed by atoms with Gasteiger partial charge in [-0.2, -0.15) is 4.52 Å². The molecule has 0 spiro atoms. The predicted molar refractivity (Wildman–Crippen MR) is 46.8 cm³/mol. The number of fused-ring (bicyclic) bond motifs is 2. The zero-order valence-electron chi connectivity index (χ0n) is 7.83. The molecule has 2 aliphatic heterocycles. The molecule has 80 valence electrons. The normalized spacial score (nSPS) is 43.0. The van der Waals surface area contributed by atoms with E-state index in [4.69, 9.17) is 9.99 Å². The lowest BCUT2D eigenvalue weighted by Gasteiger charge is -2.38. The number of hydrogen-bond acceptors (Lipinski definition) is 5. The van der Waals surface area contributed by atoms with Crippen LogP contribution in [0.25, 0.3) is 0 Å². The third-order valence-electron chi connectivity index (χ3n) is 2.55. The topological polar surface area (TPSA) is 85.0 Å². The van der Waals surface area contributed by atoms with Crippen molar-refractivity contribution >= 4 is 5.90 Å². The number of rotatable bonds is 1. The van der Waals surface area contributed by atoms with Crippen LogP contribution < -0.4 is 0 Å². The van der Waals surface area contributed by atoms with Crippen molar-refractivity contribution in [1.82, 2.24) is 0 Å². The molecule has 0 aromatic rings. The third-order valence-corrected chi connectivity index (χ3v) is 2.55. The smallest absolute Gasteiger partial charge is 0.273 e. The molecule has 0 radical (unpaired) electrons. The lowest BCUT2D eigenvalue weighted by Crippen LogP contribution is -2.60. The molecule has 2 aliphatic rings. The van der Waals surface area contributed by atoms with Crippen LogP contribution in [0.1, 0.15) is 6.92 Å². The first-order valence-corrected chi connectivity index (χ1v) is 4.53. The molecule has 0 unspecified atom stereocenters. The van der Waals surface area contributed by atoms with Crippen LogP contribution in [-0.2, 0) is 9.41 Å². The maximum absolute atomic E-state index is 9.64. The quantitative estimate of drug-likeness (QED) is 0.353. The maximum atomic E-state index is 9.64. The summed E-state index contributed by atoms with van der Waals surface area (Å²) in [5.41, 5.74) is 0. The molecule has 2 heterocycles. The Morgan fingerprint density at radius 2 is 2.21 bits per heavy atom. The minimum atomic E-state index is -1.06. The molecule has 3 N–H and O–H groups in total. The van der Waals surface area contributed by atoms with Gasteiger partial charge in [0.25, 0.3) is 12.0 Å². The van der Waals surface area contributed by atoms with E-state index in [9.17, 15) is 10.2 Å². The summed E-state index contributed by atoms with van der Waals surface area (Å²) >= 11 is 0. The second-order valence-electron chi connectivity index (χ2n) is 3.55. The number of aliphatic imine (C=N–C) groups is 1. The fourth-order valence-corrected chi connectivity index (χ4v) is 1.80. The summed E-state index contributed by atoms with van der Waals surface area (Å²) in [6.45, 7) is 1.69. The van der Waals surface area contributed by atoms with Crippen molar-refractivity contribution in [2.24, 2.45) is 4.99 Å². The fraction of sp³-hybridized carbons (Fsp3) is 0.875. The van der Waals surface area contributed by atoms with Crippen molar-refractivity contribution in [2.75, 3.05) is 13.2 Å². The van der Waals surface area contributed by atoms with Gasteiger partial charge in [-0.25, -0.2) is 9.88 Å². The summed E-state index contributed by atoms with van der Waals surface area (Å²) in [6, 6.07) is -0.397. The van der Waals surface area contributed by atoms with Gasteiger partial charge < -0.3 is 15.3 Å². The van der Waals surface area contributed by atoms with Gasteiger partial charge in [0.2, 0.25) is 6.61 Å². The maximum Gasteiger partial charge on any atom is 0.273 e. The summed E-state index contributed by atoms with van der Waals surface area (Å²) < 4.78 is 2.33. The first kappa shape index (κ1) is 9.85. The molecule has 0 aromatic carbocycles. The summed E-state index contributed by atoms with van der Waals surface area (Å²) in [5, 5.41) is 28.3. The predicted octanol–water partition coefficient (Wildman–Crippen LogP) is -1.63. The molecular weight excluding hydrogens is 190 g/mol. The average Bonchev–Trinajstić information content (AvgIpc) is 2.15. The molecule has 2 bridgehead atoms. The number of hydrogen-bond donors (Lipinski definition) is 3. The van der Waals surface area contributed by atoms with Crippen molar-refractivity contribution in [3.8, 4) is 0 Å². The van der Waals surface area contributed by atoms with E-state index in [0.29, 0.717) is 12.5 Å². The second-order valence-corrected chi connectivity index (χ2v) is 3.55.